The van der Waals surface area contributed by atoms with Crippen molar-refractivity contribution in [1.29, 1.82) is 0 Å². The number of hydrogen-bond acceptors (Lipinski definition) is 4. The molecule has 1 N–H and O–H groups in total. The van der Waals surface area contributed by atoms with Gasteiger partial charge in [0.15, 0.2) is 0 Å². The number of hydrogen-bond donors (Lipinski definition) is 1. The Morgan fingerprint density at radius 3 is 2.78 bits per heavy atom. The lowest BCUT2D eigenvalue weighted by Crippen LogP contribution is -2.11. The summed E-state index contributed by atoms with van der Waals surface area (Å²) in [4.78, 5) is 7.59. The molecule has 0 saturated carbocycles. The first-order valence-corrected chi connectivity index (χ1v) is 6.10. The lowest BCUT2D eigenvalue weighted by atomic mass is 10.3. The fourth-order valence-corrected chi connectivity index (χ4v) is 1.99. The van der Waals surface area contributed by atoms with Crippen LogP contribution in [0.1, 0.15) is 10.7 Å². The first kappa shape index (κ1) is 12.8. The molecule has 2 heterocycles. The summed E-state index contributed by atoms with van der Waals surface area (Å²) in [6, 6.07) is 3.80. The standard InChI is InChI=1S/C11H10F3N3S/c12-11(13,14)8-2-1-3-9(17-8)15-5-4-10-16-6-7-18-10/h1-3,6-7H,4-5H2,(H,15,17). The molecule has 0 radical (unpaired) electrons. The lowest BCUT2D eigenvalue weighted by molar-refractivity contribution is -0.141. The van der Waals surface area contributed by atoms with Crippen molar-refractivity contribution >= 4 is 17.2 Å². The van der Waals surface area contributed by atoms with Crippen LogP contribution in [0.25, 0.3) is 0 Å². The Bertz CT molecular complexity index is 496. The average Bonchev–Trinajstić information content (AvgIpc) is 2.81. The fraction of sp³-hybridized carbons (Fsp3) is 0.273. The van der Waals surface area contributed by atoms with Gasteiger partial charge in [-0.05, 0) is 12.1 Å². The van der Waals surface area contributed by atoms with Gasteiger partial charge in [0.1, 0.15) is 11.5 Å². The minimum atomic E-state index is -4.41. The molecule has 0 spiro atoms. The first-order chi connectivity index (χ1) is 8.55. The quantitative estimate of drug-likeness (QED) is 0.929. The Morgan fingerprint density at radius 1 is 1.28 bits per heavy atom. The Kier molecular flexibility index (Phi) is 3.81. The maximum atomic E-state index is 12.4. The number of nitrogens with zero attached hydrogens (tertiary/aromatic N) is 2. The van der Waals surface area contributed by atoms with Crippen LogP contribution in [0.4, 0.5) is 19.0 Å². The molecule has 7 heteroatoms. The first-order valence-electron chi connectivity index (χ1n) is 5.22. The van der Waals surface area contributed by atoms with E-state index in [4.69, 9.17) is 0 Å². The molecule has 18 heavy (non-hydrogen) atoms. The summed E-state index contributed by atoms with van der Waals surface area (Å²) in [6.07, 6.45) is -2.05. The van der Waals surface area contributed by atoms with Crippen molar-refractivity contribution in [3.63, 3.8) is 0 Å². The van der Waals surface area contributed by atoms with Crippen molar-refractivity contribution in [3.8, 4) is 0 Å². The molecule has 0 saturated heterocycles. The third-order valence-electron chi connectivity index (χ3n) is 2.17. The molecule has 2 aromatic rings. The van der Waals surface area contributed by atoms with Crippen LogP contribution in [-0.2, 0) is 12.6 Å². The van der Waals surface area contributed by atoms with Crippen LogP contribution in [0.2, 0.25) is 0 Å². The summed E-state index contributed by atoms with van der Waals surface area (Å²) in [5, 5.41) is 5.65. The maximum Gasteiger partial charge on any atom is 0.433 e. The number of halogens is 3. The molecule has 0 unspecified atom stereocenters. The van der Waals surface area contributed by atoms with E-state index in [1.807, 2.05) is 5.38 Å². The SMILES string of the molecule is FC(F)(F)c1cccc(NCCc2nccs2)n1. The Morgan fingerprint density at radius 2 is 2.11 bits per heavy atom. The minimum absolute atomic E-state index is 0.224. The number of nitrogens with one attached hydrogen (secondary N) is 1. The number of alkyl halides is 3. The van der Waals surface area contributed by atoms with Gasteiger partial charge in [-0.3, -0.25) is 0 Å². The monoisotopic (exact) mass is 273 g/mol. The summed E-state index contributed by atoms with van der Waals surface area (Å²) in [5.74, 6) is 0.224. The summed E-state index contributed by atoms with van der Waals surface area (Å²) >= 11 is 1.51. The van der Waals surface area contributed by atoms with Gasteiger partial charge in [-0.25, -0.2) is 9.97 Å². The second-order valence-corrected chi connectivity index (χ2v) is 4.49. The van der Waals surface area contributed by atoms with Crippen LogP contribution in [-0.4, -0.2) is 16.5 Å². The minimum Gasteiger partial charge on any atom is -0.370 e. The molecule has 0 aliphatic rings. The summed E-state index contributed by atoms with van der Waals surface area (Å²) in [7, 11) is 0. The molecule has 2 rings (SSSR count). The predicted molar refractivity (Wildman–Crippen MR) is 63.5 cm³/mol. The van der Waals surface area contributed by atoms with Crippen LogP contribution in [0, 0.1) is 0 Å². The predicted octanol–water partition coefficient (Wildman–Crippen LogP) is 3.21. The topological polar surface area (TPSA) is 37.8 Å². The molecular weight excluding hydrogens is 263 g/mol. The van der Waals surface area contributed by atoms with Crippen LogP contribution < -0.4 is 5.32 Å². The number of anilines is 1. The van der Waals surface area contributed by atoms with Gasteiger partial charge >= 0.3 is 6.18 Å². The van der Waals surface area contributed by atoms with Crippen molar-refractivity contribution in [1.82, 2.24) is 9.97 Å². The number of pyridine rings is 1. The summed E-state index contributed by atoms with van der Waals surface area (Å²) in [6.45, 7) is 0.502. The average molecular weight is 273 g/mol. The maximum absolute atomic E-state index is 12.4. The highest BCUT2D eigenvalue weighted by atomic mass is 32.1. The molecule has 3 nitrogen and oxygen atoms in total. The van der Waals surface area contributed by atoms with Gasteiger partial charge in [0, 0.05) is 24.5 Å². The number of rotatable bonds is 4. The highest BCUT2D eigenvalue weighted by Crippen LogP contribution is 2.28. The van der Waals surface area contributed by atoms with E-state index in [2.05, 4.69) is 15.3 Å². The van der Waals surface area contributed by atoms with Crippen LogP contribution in [0.3, 0.4) is 0 Å². The van der Waals surface area contributed by atoms with Crippen molar-refractivity contribution in [2.24, 2.45) is 0 Å². The van der Waals surface area contributed by atoms with E-state index in [0.29, 0.717) is 13.0 Å². The molecular formula is C11H10F3N3S. The second-order valence-electron chi connectivity index (χ2n) is 3.51. The Balaban J connectivity index is 1.93. The normalized spacial score (nSPS) is 11.5. The highest BCUT2D eigenvalue weighted by molar-refractivity contribution is 7.09. The Hall–Kier alpha value is -1.63. The zero-order chi connectivity index (χ0) is 13.0. The van der Waals surface area contributed by atoms with Crippen molar-refractivity contribution in [2.45, 2.75) is 12.6 Å². The second kappa shape index (κ2) is 5.34. The highest BCUT2D eigenvalue weighted by Gasteiger charge is 2.32. The smallest absolute Gasteiger partial charge is 0.370 e. The van der Waals surface area contributed by atoms with E-state index in [-0.39, 0.29) is 5.82 Å². The van der Waals surface area contributed by atoms with Gasteiger partial charge in [0.2, 0.25) is 0 Å². The molecule has 2 aromatic heterocycles. The van der Waals surface area contributed by atoms with Gasteiger partial charge in [-0.1, -0.05) is 6.07 Å². The summed E-state index contributed by atoms with van der Waals surface area (Å²) in [5.41, 5.74) is -0.887. The van der Waals surface area contributed by atoms with Crippen molar-refractivity contribution in [2.75, 3.05) is 11.9 Å². The number of aromatic nitrogens is 2. The lowest BCUT2D eigenvalue weighted by Gasteiger charge is -2.08. The van der Waals surface area contributed by atoms with Gasteiger partial charge in [-0.2, -0.15) is 13.2 Å². The molecule has 0 amide bonds. The van der Waals surface area contributed by atoms with Crippen LogP contribution in [0.5, 0.6) is 0 Å². The van der Waals surface area contributed by atoms with Crippen LogP contribution >= 0.6 is 11.3 Å². The zero-order valence-corrected chi connectivity index (χ0v) is 10.1. The van der Waals surface area contributed by atoms with Crippen molar-refractivity contribution < 1.29 is 13.2 Å². The van der Waals surface area contributed by atoms with Gasteiger partial charge in [-0.15, -0.1) is 11.3 Å². The third-order valence-corrected chi connectivity index (χ3v) is 3.01. The van der Waals surface area contributed by atoms with E-state index in [1.165, 1.54) is 23.5 Å². The van der Waals surface area contributed by atoms with E-state index < -0.39 is 11.9 Å². The van der Waals surface area contributed by atoms with Crippen molar-refractivity contribution in [3.05, 3.63) is 40.5 Å². The van der Waals surface area contributed by atoms with E-state index >= 15 is 0 Å². The molecule has 0 atom stereocenters. The largest absolute Gasteiger partial charge is 0.433 e. The third kappa shape index (κ3) is 3.43. The molecule has 96 valence electrons. The molecule has 0 aliphatic carbocycles. The fourth-order valence-electron chi connectivity index (χ4n) is 1.36. The van der Waals surface area contributed by atoms with Gasteiger partial charge < -0.3 is 5.32 Å². The zero-order valence-electron chi connectivity index (χ0n) is 9.24. The van der Waals surface area contributed by atoms with E-state index in [1.54, 1.807) is 6.20 Å². The molecule has 0 bridgehead atoms. The molecule has 0 aromatic carbocycles. The van der Waals surface area contributed by atoms with Crippen LogP contribution in [0.15, 0.2) is 29.8 Å². The molecule has 0 fully saturated rings. The molecule has 0 aliphatic heterocycles. The van der Waals surface area contributed by atoms with E-state index in [9.17, 15) is 13.2 Å². The number of thiazole rings is 1. The summed E-state index contributed by atoms with van der Waals surface area (Å²) < 4.78 is 37.2. The van der Waals surface area contributed by atoms with Gasteiger partial charge in [0.05, 0.1) is 5.01 Å². The van der Waals surface area contributed by atoms with E-state index in [0.717, 1.165) is 11.1 Å². The van der Waals surface area contributed by atoms with Gasteiger partial charge in [0.25, 0.3) is 0 Å². The Labute approximate surface area is 106 Å².